The Bertz CT molecular complexity index is 464. The Morgan fingerprint density at radius 2 is 2.20 bits per heavy atom. The van der Waals surface area contributed by atoms with Crippen LogP contribution in [0.25, 0.3) is 11.4 Å². The molecule has 4 nitrogen and oxygen atoms in total. The smallest absolute Gasteiger partial charge is 0.182 e. The van der Waals surface area contributed by atoms with Crippen LogP contribution in [0.2, 0.25) is 5.02 Å². The minimum absolute atomic E-state index is 0.326. The Hall–Kier alpha value is -1.42. The van der Waals surface area contributed by atoms with Gasteiger partial charge in [0, 0.05) is 23.9 Å². The summed E-state index contributed by atoms with van der Waals surface area (Å²) in [4.78, 5) is 8.28. The summed E-state index contributed by atoms with van der Waals surface area (Å²) < 4.78 is 0. The summed E-state index contributed by atoms with van der Waals surface area (Å²) in [5.41, 5.74) is 0.801. The first-order valence-electron chi connectivity index (χ1n) is 4.70. The van der Waals surface area contributed by atoms with E-state index in [-0.39, 0.29) is 0 Å². The zero-order valence-corrected chi connectivity index (χ0v) is 9.28. The molecule has 1 N–H and O–H groups in total. The molecule has 0 spiro atoms. The van der Waals surface area contributed by atoms with E-state index < -0.39 is 0 Å². The third-order valence-electron chi connectivity index (χ3n) is 2.06. The molecule has 0 bridgehead atoms. The Kier molecular flexibility index (Phi) is 2.68. The molecule has 5 heteroatoms. The summed E-state index contributed by atoms with van der Waals surface area (Å²) >= 11 is 5.99. The number of aromatic amines is 1. The molecule has 2 rings (SSSR count). The fraction of sp³-hybridized carbons (Fsp3) is 0.300. The number of H-pyrrole nitrogens is 1. The van der Waals surface area contributed by atoms with Gasteiger partial charge in [-0.1, -0.05) is 25.4 Å². The van der Waals surface area contributed by atoms with E-state index in [1.165, 1.54) is 0 Å². The molecule has 78 valence electrons. The van der Waals surface area contributed by atoms with Gasteiger partial charge < -0.3 is 0 Å². The van der Waals surface area contributed by atoms with Crippen molar-refractivity contribution in [3.8, 4) is 11.4 Å². The van der Waals surface area contributed by atoms with E-state index in [0.29, 0.717) is 16.8 Å². The Morgan fingerprint density at radius 1 is 1.40 bits per heavy atom. The van der Waals surface area contributed by atoms with Gasteiger partial charge >= 0.3 is 0 Å². The van der Waals surface area contributed by atoms with Crippen LogP contribution in [-0.4, -0.2) is 20.2 Å². The molecule has 2 aromatic heterocycles. The standard InChI is InChI=1S/C10H11ClN4/c1-6(2)9-13-10(15-14-9)7-3-4-12-5-8(7)11/h3-6H,1-2H3,(H,13,14,15). The van der Waals surface area contributed by atoms with Crippen LogP contribution in [0.15, 0.2) is 18.5 Å². The van der Waals surface area contributed by atoms with Gasteiger partial charge in [-0.3, -0.25) is 10.1 Å². The van der Waals surface area contributed by atoms with Crippen molar-refractivity contribution in [2.24, 2.45) is 0 Å². The second kappa shape index (κ2) is 3.98. The SMILES string of the molecule is CC(C)c1nc(-c2ccncc2Cl)n[nH]1. The van der Waals surface area contributed by atoms with E-state index >= 15 is 0 Å². The molecule has 0 saturated carbocycles. The van der Waals surface area contributed by atoms with Crippen LogP contribution >= 0.6 is 11.6 Å². The Morgan fingerprint density at radius 3 is 2.80 bits per heavy atom. The highest BCUT2D eigenvalue weighted by atomic mass is 35.5. The molecule has 0 fully saturated rings. The number of nitrogens with one attached hydrogen (secondary N) is 1. The van der Waals surface area contributed by atoms with Crippen LogP contribution in [0.5, 0.6) is 0 Å². The van der Waals surface area contributed by atoms with Gasteiger partial charge in [-0.25, -0.2) is 4.98 Å². The van der Waals surface area contributed by atoms with Gasteiger partial charge in [0.2, 0.25) is 0 Å². The highest BCUT2D eigenvalue weighted by molar-refractivity contribution is 6.33. The largest absolute Gasteiger partial charge is 0.263 e. The summed E-state index contributed by atoms with van der Waals surface area (Å²) in [6.45, 7) is 4.11. The fourth-order valence-electron chi connectivity index (χ4n) is 1.21. The van der Waals surface area contributed by atoms with E-state index in [1.54, 1.807) is 18.5 Å². The molecule has 0 aliphatic heterocycles. The Balaban J connectivity index is 2.42. The minimum Gasteiger partial charge on any atom is -0.263 e. The number of nitrogens with zero attached hydrogens (tertiary/aromatic N) is 3. The van der Waals surface area contributed by atoms with Crippen molar-refractivity contribution in [3.05, 3.63) is 29.3 Å². The number of halogens is 1. The van der Waals surface area contributed by atoms with Gasteiger partial charge in [0.1, 0.15) is 5.82 Å². The van der Waals surface area contributed by atoms with Gasteiger partial charge in [0.25, 0.3) is 0 Å². The maximum Gasteiger partial charge on any atom is 0.182 e. The molecule has 0 aromatic carbocycles. The fourth-order valence-corrected chi connectivity index (χ4v) is 1.41. The van der Waals surface area contributed by atoms with Crippen LogP contribution in [0.4, 0.5) is 0 Å². The first kappa shape index (κ1) is 10.1. The molecule has 0 saturated heterocycles. The van der Waals surface area contributed by atoms with E-state index in [9.17, 15) is 0 Å². The van der Waals surface area contributed by atoms with Gasteiger partial charge in [0.05, 0.1) is 5.02 Å². The van der Waals surface area contributed by atoms with Crippen molar-refractivity contribution in [2.45, 2.75) is 19.8 Å². The predicted octanol–water partition coefficient (Wildman–Crippen LogP) is 2.64. The predicted molar refractivity (Wildman–Crippen MR) is 58.7 cm³/mol. The molecular formula is C10H11ClN4. The molecule has 0 aliphatic rings. The monoisotopic (exact) mass is 222 g/mol. The third kappa shape index (κ3) is 1.99. The number of aromatic nitrogens is 4. The average Bonchev–Trinajstić information content (AvgIpc) is 2.67. The highest BCUT2D eigenvalue weighted by Gasteiger charge is 2.10. The summed E-state index contributed by atoms with van der Waals surface area (Å²) in [7, 11) is 0. The maximum atomic E-state index is 5.99. The van der Waals surface area contributed by atoms with Crippen molar-refractivity contribution >= 4 is 11.6 Å². The van der Waals surface area contributed by atoms with Gasteiger partial charge in [-0.2, -0.15) is 5.10 Å². The zero-order valence-electron chi connectivity index (χ0n) is 8.53. The van der Waals surface area contributed by atoms with Crippen molar-refractivity contribution in [3.63, 3.8) is 0 Å². The quantitative estimate of drug-likeness (QED) is 0.850. The van der Waals surface area contributed by atoms with Crippen LogP contribution in [0.1, 0.15) is 25.6 Å². The van der Waals surface area contributed by atoms with E-state index in [0.717, 1.165) is 11.4 Å². The number of hydrogen-bond donors (Lipinski definition) is 1. The van der Waals surface area contributed by atoms with Gasteiger partial charge in [0.15, 0.2) is 5.82 Å². The maximum absolute atomic E-state index is 5.99. The lowest BCUT2D eigenvalue weighted by atomic mass is 10.2. The number of hydrogen-bond acceptors (Lipinski definition) is 3. The van der Waals surface area contributed by atoms with Gasteiger partial charge in [-0.05, 0) is 6.07 Å². The summed E-state index contributed by atoms with van der Waals surface area (Å²) in [6.07, 6.45) is 3.26. The lowest BCUT2D eigenvalue weighted by molar-refractivity contribution is 0.781. The van der Waals surface area contributed by atoms with Crippen LogP contribution < -0.4 is 0 Å². The summed E-state index contributed by atoms with van der Waals surface area (Å²) in [5, 5.41) is 7.57. The molecule has 15 heavy (non-hydrogen) atoms. The minimum atomic E-state index is 0.326. The summed E-state index contributed by atoms with van der Waals surface area (Å²) in [5.74, 6) is 1.80. The first-order valence-corrected chi connectivity index (χ1v) is 5.08. The number of pyridine rings is 1. The molecule has 0 amide bonds. The van der Waals surface area contributed by atoms with Crippen LogP contribution in [0.3, 0.4) is 0 Å². The van der Waals surface area contributed by atoms with Gasteiger partial charge in [-0.15, -0.1) is 0 Å². The zero-order chi connectivity index (χ0) is 10.8. The lowest BCUT2D eigenvalue weighted by Gasteiger charge is -1.97. The molecule has 2 heterocycles. The second-order valence-electron chi connectivity index (χ2n) is 3.55. The lowest BCUT2D eigenvalue weighted by Crippen LogP contribution is -1.89. The topological polar surface area (TPSA) is 54.5 Å². The molecule has 2 aromatic rings. The van der Waals surface area contributed by atoms with E-state index in [1.807, 2.05) is 0 Å². The number of rotatable bonds is 2. The molecule has 0 aliphatic carbocycles. The van der Waals surface area contributed by atoms with E-state index in [4.69, 9.17) is 11.6 Å². The second-order valence-corrected chi connectivity index (χ2v) is 3.96. The normalized spacial score (nSPS) is 10.9. The third-order valence-corrected chi connectivity index (χ3v) is 2.36. The van der Waals surface area contributed by atoms with Crippen molar-refractivity contribution < 1.29 is 0 Å². The average molecular weight is 223 g/mol. The van der Waals surface area contributed by atoms with Crippen LogP contribution in [0, 0.1) is 0 Å². The van der Waals surface area contributed by atoms with Crippen molar-refractivity contribution in [1.29, 1.82) is 0 Å². The Labute approximate surface area is 92.7 Å². The molecule has 0 atom stereocenters. The van der Waals surface area contributed by atoms with Crippen LogP contribution in [-0.2, 0) is 0 Å². The first-order chi connectivity index (χ1) is 7.18. The summed E-state index contributed by atoms with van der Waals surface area (Å²) in [6, 6.07) is 1.80. The van der Waals surface area contributed by atoms with Crippen molar-refractivity contribution in [2.75, 3.05) is 0 Å². The van der Waals surface area contributed by atoms with Crippen molar-refractivity contribution in [1.82, 2.24) is 20.2 Å². The highest BCUT2D eigenvalue weighted by Crippen LogP contribution is 2.24. The van der Waals surface area contributed by atoms with E-state index in [2.05, 4.69) is 34.0 Å². The molecule has 0 unspecified atom stereocenters. The molecule has 0 radical (unpaired) electrons. The molecular weight excluding hydrogens is 212 g/mol.